The van der Waals surface area contributed by atoms with E-state index in [2.05, 4.69) is 0 Å². The summed E-state index contributed by atoms with van der Waals surface area (Å²) in [5.41, 5.74) is 4.26. The number of nitro groups is 1. The van der Waals surface area contributed by atoms with Crippen LogP contribution in [-0.2, 0) is 16.1 Å². The van der Waals surface area contributed by atoms with Gasteiger partial charge in [0, 0.05) is 11.6 Å². The smallest absolute Gasteiger partial charge is 0.306 e. The molecule has 4 saturated carbocycles. The van der Waals surface area contributed by atoms with Gasteiger partial charge in [-0.05, 0) is 67.9 Å². The summed E-state index contributed by atoms with van der Waals surface area (Å²) in [5.74, 6) is -0.215. The minimum Gasteiger partial charge on any atom is -0.461 e. The highest BCUT2D eigenvalue weighted by molar-refractivity contribution is 5.93. The largest absolute Gasteiger partial charge is 0.461 e. The highest BCUT2D eigenvalue weighted by atomic mass is 16.6. The van der Waals surface area contributed by atoms with E-state index >= 15 is 0 Å². The number of nitro benzene ring substituents is 1. The number of hydrogen-bond donors (Lipinski definition) is 2. The van der Waals surface area contributed by atoms with Gasteiger partial charge in [0.25, 0.3) is 5.69 Å². The van der Waals surface area contributed by atoms with Crippen molar-refractivity contribution >= 4 is 17.6 Å². The maximum Gasteiger partial charge on any atom is 0.306 e. The molecule has 5 rings (SSSR count). The van der Waals surface area contributed by atoms with Gasteiger partial charge >= 0.3 is 5.97 Å². The van der Waals surface area contributed by atoms with Crippen molar-refractivity contribution in [1.82, 2.24) is 0 Å². The van der Waals surface area contributed by atoms with Crippen molar-refractivity contribution in [2.45, 2.75) is 57.2 Å². The average molecular weight is 388 g/mol. The van der Waals surface area contributed by atoms with Crippen molar-refractivity contribution < 1.29 is 24.4 Å². The van der Waals surface area contributed by atoms with E-state index in [1.807, 2.05) is 0 Å². The number of nitrogens with two attached hydrogens (primary N) is 1. The molecular weight excluding hydrogens is 364 g/mol. The highest BCUT2D eigenvalue weighted by Crippen LogP contribution is 2.62. The Hall–Kier alpha value is -2.48. The number of hydrogen-bond acceptors (Lipinski definition) is 6. The van der Waals surface area contributed by atoms with Gasteiger partial charge in [-0.1, -0.05) is 0 Å². The summed E-state index contributed by atoms with van der Waals surface area (Å²) in [6.07, 6.45) is 5.54. The highest BCUT2D eigenvalue weighted by Gasteiger charge is 2.57. The van der Waals surface area contributed by atoms with Crippen molar-refractivity contribution in [1.29, 1.82) is 0 Å². The molecule has 1 amide bonds. The number of carbonyl (C=O) groups is 2. The molecule has 0 saturated heterocycles. The van der Waals surface area contributed by atoms with Gasteiger partial charge in [0.05, 0.1) is 22.5 Å². The Balaban J connectivity index is 1.43. The molecule has 2 atom stereocenters. The number of nitrogens with zero attached hydrogens (tertiary/aromatic N) is 1. The summed E-state index contributed by atoms with van der Waals surface area (Å²) in [6, 6.07) is 3.87. The van der Waals surface area contributed by atoms with Crippen LogP contribution in [0.15, 0.2) is 18.2 Å². The van der Waals surface area contributed by atoms with Crippen molar-refractivity contribution in [3.05, 3.63) is 39.4 Å². The molecule has 8 heteroatoms. The van der Waals surface area contributed by atoms with E-state index in [9.17, 15) is 24.8 Å². The second-order valence-electron chi connectivity index (χ2n) is 8.99. The van der Waals surface area contributed by atoms with E-state index in [0.29, 0.717) is 18.3 Å². The van der Waals surface area contributed by atoms with E-state index in [1.54, 1.807) is 0 Å². The first-order chi connectivity index (χ1) is 13.2. The van der Waals surface area contributed by atoms with E-state index in [1.165, 1.54) is 12.1 Å². The Bertz CT molecular complexity index is 837. The lowest BCUT2D eigenvalue weighted by atomic mass is 9.47. The third-order valence-electron chi connectivity index (χ3n) is 6.63. The molecule has 28 heavy (non-hydrogen) atoms. The first-order valence-corrected chi connectivity index (χ1v) is 9.62. The van der Waals surface area contributed by atoms with E-state index < -0.39 is 22.4 Å². The van der Waals surface area contributed by atoms with Gasteiger partial charge in [0.15, 0.2) is 0 Å². The number of benzene rings is 1. The quantitative estimate of drug-likeness (QED) is 0.437. The molecule has 0 aromatic heterocycles. The van der Waals surface area contributed by atoms with Gasteiger partial charge < -0.3 is 15.6 Å². The molecule has 1 aromatic carbocycles. The van der Waals surface area contributed by atoms with Gasteiger partial charge in [0.1, 0.15) is 6.61 Å². The molecule has 4 fully saturated rings. The lowest BCUT2D eigenvalue weighted by molar-refractivity contribution is -0.385. The standard InChI is InChI=1S/C20H24N2O6/c21-18(24)14-1-2-15(16(4-14)22(26)27)10-28-17(23)9-19-5-12-3-13(6-19)8-20(25,7-12)11-19/h1-2,4,12-13,25H,3,5-11H2,(H2,21,24)/t12-,13-,19?,20?/m1/s1. The van der Waals surface area contributed by atoms with Crippen LogP contribution in [0.25, 0.3) is 0 Å². The van der Waals surface area contributed by atoms with Crippen LogP contribution in [-0.4, -0.2) is 27.5 Å². The molecule has 0 radical (unpaired) electrons. The zero-order valence-corrected chi connectivity index (χ0v) is 15.6. The molecule has 4 aliphatic rings. The molecule has 0 heterocycles. The molecule has 0 unspecified atom stereocenters. The van der Waals surface area contributed by atoms with E-state index in [0.717, 1.165) is 38.2 Å². The van der Waals surface area contributed by atoms with Crippen molar-refractivity contribution in [3.63, 3.8) is 0 Å². The Morgan fingerprint density at radius 1 is 1.25 bits per heavy atom. The fourth-order valence-corrected chi connectivity index (χ4v) is 6.13. The second-order valence-corrected chi connectivity index (χ2v) is 8.99. The normalized spacial score (nSPS) is 32.9. The monoisotopic (exact) mass is 388 g/mol. The number of esters is 1. The van der Waals surface area contributed by atoms with Gasteiger partial charge in [-0.2, -0.15) is 0 Å². The molecule has 150 valence electrons. The van der Waals surface area contributed by atoms with Crippen molar-refractivity contribution in [3.8, 4) is 0 Å². The number of ether oxygens (including phenoxy) is 1. The van der Waals surface area contributed by atoms with Crippen LogP contribution in [0.2, 0.25) is 0 Å². The zero-order chi connectivity index (χ0) is 20.1. The molecule has 4 bridgehead atoms. The molecule has 8 nitrogen and oxygen atoms in total. The van der Waals surface area contributed by atoms with Crippen molar-refractivity contribution in [2.75, 3.05) is 0 Å². The SMILES string of the molecule is NC(=O)c1ccc(COC(=O)CC23C[C@H]4C[C@@H](CC(O)(C4)C2)C3)c([N+](=O)[O-])c1. The van der Waals surface area contributed by atoms with Crippen LogP contribution < -0.4 is 5.73 Å². The topological polar surface area (TPSA) is 133 Å². The maximum absolute atomic E-state index is 12.5. The molecule has 4 aliphatic carbocycles. The number of carbonyl (C=O) groups excluding carboxylic acids is 2. The Labute approximate surface area is 162 Å². The van der Waals surface area contributed by atoms with Gasteiger partial charge in [-0.3, -0.25) is 19.7 Å². The minimum absolute atomic E-state index is 0.0311. The molecule has 1 aromatic rings. The maximum atomic E-state index is 12.5. The number of aliphatic hydroxyl groups is 1. The number of rotatable bonds is 6. The van der Waals surface area contributed by atoms with E-state index in [-0.39, 0.29) is 35.3 Å². The Morgan fingerprint density at radius 2 is 1.93 bits per heavy atom. The number of primary amides is 1. The summed E-state index contributed by atoms with van der Waals surface area (Å²) in [6.45, 7) is -0.235. The van der Waals surface area contributed by atoms with Crippen LogP contribution >= 0.6 is 0 Å². The molecule has 0 aliphatic heterocycles. The predicted octanol–water partition coefficient (Wildman–Crippen LogP) is 2.46. The van der Waals surface area contributed by atoms with Crippen LogP contribution in [0.5, 0.6) is 0 Å². The summed E-state index contributed by atoms with van der Waals surface area (Å²) in [5, 5.41) is 22.1. The summed E-state index contributed by atoms with van der Waals surface area (Å²) in [7, 11) is 0. The summed E-state index contributed by atoms with van der Waals surface area (Å²) >= 11 is 0. The predicted molar refractivity (Wildman–Crippen MR) is 98.1 cm³/mol. The molecular formula is C20H24N2O6. The fraction of sp³-hybridized carbons (Fsp3) is 0.600. The zero-order valence-electron chi connectivity index (χ0n) is 15.6. The summed E-state index contributed by atoms with van der Waals surface area (Å²) < 4.78 is 5.35. The lowest BCUT2D eigenvalue weighted by Gasteiger charge is -2.60. The first-order valence-electron chi connectivity index (χ1n) is 9.62. The first kappa shape index (κ1) is 18.9. The lowest BCUT2D eigenvalue weighted by Crippen LogP contribution is -2.56. The second kappa shape index (κ2) is 6.55. The minimum atomic E-state index is -0.758. The van der Waals surface area contributed by atoms with Crippen molar-refractivity contribution in [2.24, 2.45) is 23.0 Å². The molecule has 3 N–H and O–H groups in total. The van der Waals surface area contributed by atoms with Gasteiger partial charge in [0.2, 0.25) is 5.91 Å². The van der Waals surface area contributed by atoms with Crippen LogP contribution in [0.3, 0.4) is 0 Å². The van der Waals surface area contributed by atoms with Crippen LogP contribution in [0.4, 0.5) is 5.69 Å². The third kappa shape index (κ3) is 3.48. The number of amides is 1. The Morgan fingerprint density at radius 3 is 2.50 bits per heavy atom. The average Bonchev–Trinajstić information content (AvgIpc) is 2.57. The van der Waals surface area contributed by atoms with E-state index in [4.69, 9.17) is 10.5 Å². The third-order valence-corrected chi connectivity index (χ3v) is 6.63. The van der Waals surface area contributed by atoms with Crippen LogP contribution in [0.1, 0.15) is 60.9 Å². The van der Waals surface area contributed by atoms with Gasteiger partial charge in [-0.25, -0.2) is 0 Å². The molecule has 0 spiro atoms. The Kier molecular flexibility index (Phi) is 4.41. The fourth-order valence-electron chi connectivity index (χ4n) is 6.13. The van der Waals surface area contributed by atoms with Crippen LogP contribution in [0, 0.1) is 27.4 Å². The van der Waals surface area contributed by atoms with Gasteiger partial charge in [-0.15, -0.1) is 0 Å². The summed E-state index contributed by atoms with van der Waals surface area (Å²) in [4.78, 5) is 34.4.